The first kappa shape index (κ1) is 21.0. The lowest BCUT2D eigenvalue weighted by Gasteiger charge is -2.12. The van der Waals surface area contributed by atoms with E-state index in [4.69, 9.17) is 16.3 Å². The van der Waals surface area contributed by atoms with E-state index in [2.05, 4.69) is 5.32 Å². The van der Waals surface area contributed by atoms with E-state index in [0.29, 0.717) is 11.8 Å². The first-order chi connectivity index (χ1) is 12.6. The minimum absolute atomic E-state index is 0.112. The van der Waals surface area contributed by atoms with Crippen LogP contribution >= 0.6 is 22.9 Å². The van der Waals surface area contributed by atoms with Crippen LogP contribution in [0.5, 0.6) is 0 Å². The van der Waals surface area contributed by atoms with Crippen molar-refractivity contribution in [3.8, 4) is 0 Å². The lowest BCUT2D eigenvalue weighted by atomic mass is 10.2. The van der Waals surface area contributed by atoms with Crippen molar-refractivity contribution in [2.24, 2.45) is 0 Å². The number of amides is 1. The number of benzene rings is 1. The van der Waals surface area contributed by atoms with Gasteiger partial charge >= 0.3 is 17.0 Å². The molecule has 27 heavy (non-hydrogen) atoms. The van der Waals surface area contributed by atoms with Gasteiger partial charge in [0.05, 0.1) is 17.0 Å². The highest BCUT2D eigenvalue weighted by atomic mass is 35.5. The highest BCUT2D eigenvalue weighted by Crippen LogP contribution is 2.36. The number of rotatable bonds is 6. The first-order valence-electron chi connectivity index (χ1n) is 7.55. The monoisotopic (exact) mass is 422 g/mol. The number of hydrogen-bond donors (Lipinski definition) is 1. The lowest BCUT2D eigenvalue weighted by molar-refractivity contribution is -0.147. The fourth-order valence-electron chi connectivity index (χ4n) is 2.11. The van der Waals surface area contributed by atoms with Crippen LogP contribution in [0.25, 0.3) is 0 Å². The minimum Gasteiger partial charge on any atom is -0.456 e. The number of alkyl halides is 3. The van der Waals surface area contributed by atoms with Crippen LogP contribution in [0.2, 0.25) is 5.02 Å². The predicted molar refractivity (Wildman–Crippen MR) is 94.0 cm³/mol. The number of ether oxygens (including phenoxy) is 1. The van der Waals surface area contributed by atoms with Gasteiger partial charge in [-0.25, -0.2) is 0 Å². The van der Waals surface area contributed by atoms with Gasteiger partial charge in [-0.3, -0.25) is 14.4 Å². The van der Waals surface area contributed by atoms with Crippen molar-refractivity contribution in [1.82, 2.24) is 4.57 Å². The number of hydrogen-bond acceptors (Lipinski definition) is 5. The molecular weight excluding hydrogens is 409 g/mol. The van der Waals surface area contributed by atoms with Crippen molar-refractivity contribution in [2.45, 2.75) is 26.1 Å². The molecule has 0 spiro atoms. The fourth-order valence-corrected chi connectivity index (χ4v) is 3.10. The average molecular weight is 423 g/mol. The summed E-state index contributed by atoms with van der Waals surface area (Å²) < 4.78 is 44.5. The van der Waals surface area contributed by atoms with E-state index in [0.717, 1.165) is 17.4 Å². The van der Waals surface area contributed by atoms with Crippen molar-refractivity contribution in [2.75, 3.05) is 11.9 Å². The molecule has 0 saturated heterocycles. The highest BCUT2D eigenvalue weighted by Gasteiger charge is 2.33. The number of esters is 1. The van der Waals surface area contributed by atoms with Crippen LogP contribution in [-0.2, 0) is 27.0 Å². The van der Waals surface area contributed by atoms with Gasteiger partial charge in [-0.1, -0.05) is 22.9 Å². The number of carbonyl (C=O) groups excluding carboxylic acids is 2. The molecule has 1 aromatic carbocycles. The molecule has 2 rings (SSSR count). The SMILES string of the molecule is Cc1csc(=O)n1CCC(=O)OCC(=O)Nc1ccc(Cl)c(C(F)(F)F)c1. The molecule has 0 radical (unpaired) electrons. The van der Waals surface area contributed by atoms with Crippen LogP contribution in [-0.4, -0.2) is 23.1 Å². The zero-order valence-corrected chi connectivity index (χ0v) is 15.5. The van der Waals surface area contributed by atoms with E-state index in [1.54, 1.807) is 12.3 Å². The van der Waals surface area contributed by atoms with E-state index in [1.165, 1.54) is 10.6 Å². The number of aromatic nitrogens is 1. The Balaban J connectivity index is 1.86. The van der Waals surface area contributed by atoms with Gasteiger partial charge < -0.3 is 14.6 Å². The molecule has 146 valence electrons. The third-order valence-corrected chi connectivity index (χ3v) is 4.65. The second kappa shape index (κ2) is 8.57. The molecule has 0 saturated carbocycles. The van der Waals surface area contributed by atoms with E-state index < -0.39 is 35.2 Å². The Morgan fingerprint density at radius 2 is 2.04 bits per heavy atom. The topological polar surface area (TPSA) is 77.4 Å². The van der Waals surface area contributed by atoms with Crippen molar-refractivity contribution in [1.29, 1.82) is 0 Å². The number of halogens is 4. The van der Waals surface area contributed by atoms with Crippen LogP contribution in [0, 0.1) is 6.92 Å². The Morgan fingerprint density at radius 3 is 2.63 bits per heavy atom. The van der Waals surface area contributed by atoms with E-state index >= 15 is 0 Å². The van der Waals surface area contributed by atoms with Crippen molar-refractivity contribution >= 4 is 40.5 Å². The molecule has 2 aromatic rings. The lowest BCUT2D eigenvalue weighted by Crippen LogP contribution is -2.23. The molecule has 0 unspecified atom stereocenters. The van der Waals surface area contributed by atoms with Gasteiger partial charge in [0.25, 0.3) is 5.91 Å². The maximum absolute atomic E-state index is 12.8. The third kappa shape index (κ3) is 5.83. The van der Waals surface area contributed by atoms with Crippen molar-refractivity contribution in [3.05, 3.63) is 49.5 Å². The zero-order valence-electron chi connectivity index (χ0n) is 13.9. The summed E-state index contributed by atoms with van der Waals surface area (Å²) in [4.78, 5) is 34.7. The molecule has 0 fully saturated rings. The number of anilines is 1. The summed E-state index contributed by atoms with van der Waals surface area (Å²) in [5.41, 5.74) is -0.512. The maximum atomic E-state index is 12.8. The Bertz CT molecular complexity index is 908. The van der Waals surface area contributed by atoms with Gasteiger partial charge in [-0.05, 0) is 25.1 Å². The van der Waals surface area contributed by atoms with Crippen molar-refractivity contribution in [3.63, 3.8) is 0 Å². The number of thiazole rings is 1. The van der Waals surface area contributed by atoms with E-state index in [1.807, 2.05) is 0 Å². The van der Waals surface area contributed by atoms with Crippen LogP contribution in [0.1, 0.15) is 17.7 Å². The first-order valence-corrected chi connectivity index (χ1v) is 8.81. The standard InChI is InChI=1S/C16H14ClF3N2O4S/c1-9-8-27-15(25)22(9)5-4-14(24)26-7-13(23)21-10-2-3-12(17)11(6-10)16(18,19)20/h2-3,6,8H,4-5,7H2,1H3,(H,21,23). The Hall–Kier alpha value is -2.33. The number of aryl methyl sites for hydroxylation is 1. The normalized spacial score (nSPS) is 11.3. The number of nitrogens with zero attached hydrogens (tertiary/aromatic N) is 1. The van der Waals surface area contributed by atoms with Gasteiger partial charge in [-0.2, -0.15) is 13.2 Å². The predicted octanol–water partition coefficient (Wildman–Crippen LogP) is 3.46. The third-order valence-electron chi connectivity index (χ3n) is 3.44. The molecule has 0 aliphatic rings. The fraction of sp³-hybridized carbons (Fsp3) is 0.312. The second-order valence-corrected chi connectivity index (χ2v) is 6.67. The molecule has 1 amide bonds. The van der Waals surface area contributed by atoms with Gasteiger partial charge in [0.15, 0.2) is 6.61 Å². The zero-order chi connectivity index (χ0) is 20.2. The summed E-state index contributed by atoms with van der Waals surface area (Å²) >= 11 is 6.50. The van der Waals surface area contributed by atoms with Gasteiger partial charge in [0.2, 0.25) is 0 Å². The molecule has 0 aliphatic carbocycles. The summed E-state index contributed by atoms with van der Waals surface area (Å²) in [5, 5.41) is 3.36. The highest BCUT2D eigenvalue weighted by molar-refractivity contribution is 7.07. The molecule has 1 heterocycles. The largest absolute Gasteiger partial charge is 0.456 e. The number of carbonyl (C=O) groups is 2. The van der Waals surface area contributed by atoms with Crippen LogP contribution < -0.4 is 10.2 Å². The quantitative estimate of drug-likeness (QED) is 0.723. The smallest absolute Gasteiger partial charge is 0.417 e. The molecule has 0 bridgehead atoms. The molecule has 6 nitrogen and oxygen atoms in total. The van der Waals surface area contributed by atoms with Crippen molar-refractivity contribution < 1.29 is 27.5 Å². The van der Waals surface area contributed by atoms with Gasteiger partial charge in [0.1, 0.15) is 0 Å². The summed E-state index contributed by atoms with van der Waals surface area (Å²) in [6.45, 7) is 1.17. The Labute approximate surface area is 160 Å². The summed E-state index contributed by atoms with van der Waals surface area (Å²) in [6.07, 6.45) is -4.79. The molecular formula is C16H14ClF3N2O4S. The molecule has 1 aromatic heterocycles. The second-order valence-electron chi connectivity index (χ2n) is 5.45. The average Bonchev–Trinajstić information content (AvgIpc) is 2.90. The van der Waals surface area contributed by atoms with Crippen LogP contribution in [0.3, 0.4) is 0 Å². The molecule has 1 N–H and O–H groups in total. The Morgan fingerprint density at radius 1 is 1.33 bits per heavy atom. The van der Waals surface area contributed by atoms with E-state index in [9.17, 15) is 27.6 Å². The summed E-state index contributed by atoms with van der Waals surface area (Å²) in [6, 6.07) is 2.89. The maximum Gasteiger partial charge on any atom is 0.417 e. The van der Waals surface area contributed by atoms with Gasteiger partial charge in [0, 0.05) is 23.3 Å². The number of nitrogens with one attached hydrogen (secondary N) is 1. The van der Waals surface area contributed by atoms with E-state index in [-0.39, 0.29) is 23.5 Å². The molecule has 0 aliphatic heterocycles. The summed E-state index contributed by atoms with van der Waals surface area (Å²) in [5.74, 6) is -1.52. The van der Waals surface area contributed by atoms with Crippen LogP contribution in [0.4, 0.5) is 18.9 Å². The minimum atomic E-state index is -4.66. The van der Waals surface area contributed by atoms with Gasteiger partial charge in [-0.15, -0.1) is 0 Å². The van der Waals surface area contributed by atoms with Crippen LogP contribution in [0.15, 0.2) is 28.4 Å². The Kier molecular flexibility index (Phi) is 6.66. The summed E-state index contributed by atoms with van der Waals surface area (Å²) in [7, 11) is 0. The molecule has 11 heteroatoms. The molecule has 0 atom stereocenters.